The van der Waals surface area contributed by atoms with E-state index in [4.69, 9.17) is 23.2 Å². The minimum Gasteiger partial charge on any atom is -0.325 e. The number of carbonyl (C=O) groups excluding carboxylic acids is 1. The van der Waals surface area contributed by atoms with E-state index in [0.29, 0.717) is 22.3 Å². The summed E-state index contributed by atoms with van der Waals surface area (Å²) < 4.78 is 1.82. The fourth-order valence-corrected chi connectivity index (χ4v) is 2.85. The molecule has 26 heavy (non-hydrogen) atoms. The highest BCUT2D eigenvalue weighted by Gasteiger charge is 2.10. The molecule has 134 valence electrons. The van der Waals surface area contributed by atoms with Crippen LogP contribution < -0.4 is 5.32 Å². The van der Waals surface area contributed by atoms with E-state index in [-0.39, 0.29) is 12.5 Å². The number of hydrogen-bond acceptors (Lipinski definition) is 3. The first kappa shape index (κ1) is 18.5. The molecule has 0 aliphatic carbocycles. The van der Waals surface area contributed by atoms with Gasteiger partial charge in [-0.2, -0.15) is 5.10 Å². The number of halogens is 2. The predicted molar refractivity (Wildman–Crippen MR) is 105 cm³/mol. The lowest BCUT2D eigenvalue weighted by atomic mass is 10.3. The minimum atomic E-state index is -0.124. The van der Waals surface area contributed by atoms with E-state index < -0.39 is 0 Å². The van der Waals surface area contributed by atoms with Gasteiger partial charge in [0.2, 0.25) is 5.91 Å². The van der Waals surface area contributed by atoms with Gasteiger partial charge in [-0.1, -0.05) is 41.4 Å². The number of para-hydroxylation sites is 1. The van der Waals surface area contributed by atoms with Crippen LogP contribution in [0.5, 0.6) is 0 Å². The van der Waals surface area contributed by atoms with Gasteiger partial charge in [0.1, 0.15) is 0 Å². The average Bonchev–Trinajstić information content (AvgIpc) is 3.07. The maximum absolute atomic E-state index is 12.2. The zero-order chi connectivity index (χ0) is 18.5. The maximum Gasteiger partial charge on any atom is 0.238 e. The Balaban J connectivity index is 1.55. The van der Waals surface area contributed by atoms with Crippen molar-refractivity contribution in [3.05, 3.63) is 76.5 Å². The Bertz CT molecular complexity index is 896. The highest BCUT2D eigenvalue weighted by Crippen LogP contribution is 2.24. The number of anilines is 1. The Morgan fingerprint density at radius 2 is 1.92 bits per heavy atom. The molecule has 3 rings (SSSR count). The number of amides is 1. The van der Waals surface area contributed by atoms with Crippen molar-refractivity contribution in [3.63, 3.8) is 0 Å². The van der Waals surface area contributed by atoms with Gasteiger partial charge in [-0.3, -0.25) is 9.69 Å². The van der Waals surface area contributed by atoms with Crippen molar-refractivity contribution in [2.75, 3.05) is 18.9 Å². The third kappa shape index (κ3) is 4.85. The average molecular weight is 389 g/mol. The molecular weight excluding hydrogens is 371 g/mol. The van der Waals surface area contributed by atoms with Gasteiger partial charge in [0.05, 0.1) is 28.5 Å². The molecule has 7 heteroatoms. The first-order valence-electron chi connectivity index (χ1n) is 8.03. The molecule has 0 bridgehead atoms. The SMILES string of the molecule is CN(CC(=O)Nc1ccc(Cl)c(Cl)c1)Cc1cnn(-c2ccccc2)c1. The normalized spacial score (nSPS) is 10.9. The number of likely N-dealkylation sites (N-methyl/N-ethyl adjacent to an activating group) is 1. The number of hydrogen-bond donors (Lipinski definition) is 1. The monoisotopic (exact) mass is 388 g/mol. The zero-order valence-electron chi connectivity index (χ0n) is 14.2. The summed E-state index contributed by atoms with van der Waals surface area (Å²) in [6.07, 6.45) is 3.77. The number of carbonyl (C=O) groups is 1. The van der Waals surface area contributed by atoms with Crippen molar-refractivity contribution in [1.82, 2.24) is 14.7 Å². The smallest absolute Gasteiger partial charge is 0.238 e. The summed E-state index contributed by atoms with van der Waals surface area (Å²) in [5.41, 5.74) is 2.65. The predicted octanol–water partition coefficient (Wildman–Crippen LogP) is 4.25. The van der Waals surface area contributed by atoms with Gasteiger partial charge in [-0.25, -0.2) is 4.68 Å². The third-order valence-electron chi connectivity index (χ3n) is 3.73. The van der Waals surface area contributed by atoms with E-state index in [1.54, 1.807) is 24.4 Å². The Morgan fingerprint density at radius 3 is 2.65 bits per heavy atom. The number of rotatable bonds is 6. The van der Waals surface area contributed by atoms with Gasteiger partial charge < -0.3 is 5.32 Å². The molecule has 0 saturated heterocycles. The van der Waals surface area contributed by atoms with Gasteiger partial charge in [0.25, 0.3) is 0 Å². The lowest BCUT2D eigenvalue weighted by Crippen LogP contribution is -2.29. The Kier molecular flexibility index (Phi) is 5.93. The Morgan fingerprint density at radius 1 is 1.15 bits per heavy atom. The van der Waals surface area contributed by atoms with Gasteiger partial charge in [0.15, 0.2) is 0 Å². The summed E-state index contributed by atoms with van der Waals surface area (Å²) in [5, 5.41) is 8.04. The van der Waals surface area contributed by atoms with E-state index in [2.05, 4.69) is 10.4 Å². The van der Waals surface area contributed by atoms with Crippen LogP contribution in [0.15, 0.2) is 60.9 Å². The van der Waals surface area contributed by atoms with Crippen LogP contribution in [0, 0.1) is 0 Å². The highest BCUT2D eigenvalue weighted by atomic mass is 35.5. The van der Waals surface area contributed by atoms with E-state index in [1.807, 2.05) is 53.2 Å². The molecule has 1 N–H and O–H groups in total. The molecule has 2 aromatic carbocycles. The van der Waals surface area contributed by atoms with Crippen molar-refractivity contribution in [1.29, 1.82) is 0 Å². The Labute approximate surface area is 162 Å². The molecule has 5 nitrogen and oxygen atoms in total. The minimum absolute atomic E-state index is 0.124. The van der Waals surface area contributed by atoms with Gasteiger partial charge in [-0.05, 0) is 37.4 Å². The molecule has 0 fully saturated rings. The first-order chi connectivity index (χ1) is 12.5. The van der Waals surface area contributed by atoms with E-state index >= 15 is 0 Å². The number of nitrogens with zero attached hydrogens (tertiary/aromatic N) is 3. The van der Waals surface area contributed by atoms with Crippen molar-refractivity contribution < 1.29 is 4.79 Å². The summed E-state index contributed by atoms with van der Waals surface area (Å²) >= 11 is 11.8. The quantitative estimate of drug-likeness (QED) is 0.686. The fourth-order valence-electron chi connectivity index (χ4n) is 2.55. The molecule has 1 aromatic heterocycles. The molecule has 0 spiro atoms. The summed E-state index contributed by atoms with van der Waals surface area (Å²) in [4.78, 5) is 14.1. The fraction of sp³-hybridized carbons (Fsp3) is 0.158. The lowest BCUT2D eigenvalue weighted by molar-refractivity contribution is -0.117. The van der Waals surface area contributed by atoms with Crippen LogP contribution in [-0.2, 0) is 11.3 Å². The van der Waals surface area contributed by atoms with Crippen molar-refractivity contribution in [2.45, 2.75) is 6.54 Å². The molecule has 3 aromatic rings. The van der Waals surface area contributed by atoms with Crippen LogP contribution in [-0.4, -0.2) is 34.2 Å². The topological polar surface area (TPSA) is 50.2 Å². The van der Waals surface area contributed by atoms with Crippen LogP contribution >= 0.6 is 23.2 Å². The molecule has 0 aliphatic heterocycles. The molecule has 0 saturated carbocycles. The van der Waals surface area contributed by atoms with Crippen LogP contribution in [0.3, 0.4) is 0 Å². The van der Waals surface area contributed by atoms with Crippen LogP contribution in [0.25, 0.3) is 5.69 Å². The summed E-state index contributed by atoms with van der Waals surface area (Å²) in [5.74, 6) is -0.124. The second-order valence-corrected chi connectivity index (χ2v) is 6.79. The first-order valence-corrected chi connectivity index (χ1v) is 8.79. The van der Waals surface area contributed by atoms with Gasteiger partial charge >= 0.3 is 0 Å². The van der Waals surface area contributed by atoms with E-state index in [9.17, 15) is 4.79 Å². The largest absolute Gasteiger partial charge is 0.325 e. The second kappa shape index (κ2) is 8.36. The van der Waals surface area contributed by atoms with Crippen molar-refractivity contribution in [2.24, 2.45) is 0 Å². The number of benzene rings is 2. The molecule has 0 aliphatic rings. The van der Waals surface area contributed by atoms with Crippen LogP contribution in [0.4, 0.5) is 5.69 Å². The molecule has 0 radical (unpaired) electrons. The third-order valence-corrected chi connectivity index (χ3v) is 4.47. The summed E-state index contributed by atoms with van der Waals surface area (Å²) in [6.45, 7) is 0.860. The molecular formula is C19H18Cl2N4O. The van der Waals surface area contributed by atoms with Crippen molar-refractivity contribution in [3.8, 4) is 5.69 Å². The zero-order valence-corrected chi connectivity index (χ0v) is 15.7. The van der Waals surface area contributed by atoms with Gasteiger partial charge in [0, 0.05) is 24.0 Å². The maximum atomic E-state index is 12.2. The van der Waals surface area contributed by atoms with Crippen molar-refractivity contribution >= 4 is 34.8 Å². The molecule has 0 unspecified atom stereocenters. The summed E-state index contributed by atoms with van der Waals surface area (Å²) in [6, 6.07) is 14.9. The standard InChI is InChI=1S/C19H18Cl2N4O/c1-24(13-19(26)23-15-7-8-17(20)18(21)9-15)11-14-10-22-25(12-14)16-5-3-2-4-6-16/h2-10,12H,11,13H2,1H3,(H,23,26). The second-order valence-electron chi connectivity index (χ2n) is 5.98. The van der Waals surface area contributed by atoms with Gasteiger partial charge in [-0.15, -0.1) is 0 Å². The summed E-state index contributed by atoms with van der Waals surface area (Å²) in [7, 11) is 1.88. The van der Waals surface area contributed by atoms with Crippen LogP contribution in [0.2, 0.25) is 10.0 Å². The molecule has 1 heterocycles. The molecule has 0 atom stereocenters. The van der Waals surface area contributed by atoms with E-state index in [1.165, 1.54) is 0 Å². The Hall–Kier alpha value is -2.34. The van der Waals surface area contributed by atoms with E-state index in [0.717, 1.165) is 11.3 Å². The number of nitrogens with one attached hydrogen (secondary N) is 1. The number of aromatic nitrogens is 2. The lowest BCUT2D eigenvalue weighted by Gasteiger charge is -2.15. The highest BCUT2D eigenvalue weighted by molar-refractivity contribution is 6.42. The van der Waals surface area contributed by atoms with Crippen LogP contribution in [0.1, 0.15) is 5.56 Å². The molecule has 1 amide bonds.